The number of halogens is 1. The predicted octanol–water partition coefficient (Wildman–Crippen LogP) is 4.82. The van der Waals surface area contributed by atoms with E-state index in [1.807, 2.05) is 0 Å². The summed E-state index contributed by atoms with van der Waals surface area (Å²) in [6.07, 6.45) is 1.14. The van der Waals surface area contributed by atoms with E-state index >= 15 is 0 Å². The molecule has 1 N–H and O–H groups in total. The largest absolute Gasteiger partial charge is 0.313 e. The number of hydrogen-bond acceptors (Lipinski definition) is 1. The molecule has 2 rings (SSSR count). The molecule has 0 fully saturated rings. The third-order valence-corrected chi connectivity index (χ3v) is 3.53. The lowest BCUT2D eigenvalue weighted by molar-refractivity contribution is 0.675. The summed E-state index contributed by atoms with van der Waals surface area (Å²) in [4.78, 5) is 0. The highest BCUT2D eigenvalue weighted by molar-refractivity contribution is 6.31. The van der Waals surface area contributed by atoms with Gasteiger partial charge in [0.25, 0.3) is 0 Å². The van der Waals surface area contributed by atoms with Gasteiger partial charge in [0.2, 0.25) is 0 Å². The maximum absolute atomic E-state index is 6.35. The van der Waals surface area contributed by atoms with E-state index in [1.54, 1.807) is 0 Å². The summed E-state index contributed by atoms with van der Waals surface area (Å²) >= 11 is 6.35. The van der Waals surface area contributed by atoms with Gasteiger partial charge >= 0.3 is 0 Å². The van der Waals surface area contributed by atoms with E-state index in [4.69, 9.17) is 11.6 Å². The average Bonchev–Trinajstić information content (AvgIpc) is 2.42. The lowest BCUT2D eigenvalue weighted by Crippen LogP contribution is -2.13. The third kappa shape index (κ3) is 3.82. The zero-order valence-corrected chi connectivity index (χ0v) is 12.3. The van der Waals surface area contributed by atoms with Crippen LogP contribution < -0.4 is 5.32 Å². The first-order valence-electron chi connectivity index (χ1n) is 6.77. The van der Waals surface area contributed by atoms with Crippen molar-refractivity contribution in [2.24, 2.45) is 0 Å². The molecule has 0 aliphatic carbocycles. The van der Waals surface area contributed by atoms with Gasteiger partial charge in [0.05, 0.1) is 0 Å². The zero-order valence-electron chi connectivity index (χ0n) is 11.5. The molecule has 2 aromatic carbocycles. The van der Waals surface area contributed by atoms with Crippen molar-refractivity contribution < 1.29 is 0 Å². The molecule has 0 saturated carbocycles. The summed E-state index contributed by atoms with van der Waals surface area (Å²) in [6, 6.07) is 14.8. The van der Waals surface area contributed by atoms with Gasteiger partial charge in [-0.05, 0) is 42.6 Å². The molecule has 0 amide bonds. The molecule has 0 saturated heterocycles. The van der Waals surface area contributed by atoms with Crippen LogP contribution in [0, 0.1) is 6.92 Å². The summed E-state index contributed by atoms with van der Waals surface area (Å²) < 4.78 is 0. The molecular weight excluding hydrogens is 254 g/mol. The van der Waals surface area contributed by atoms with Gasteiger partial charge in [-0.2, -0.15) is 0 Å². The van der Waals surface area contributed by atoms with E-state index in [1.165, 1.54) is 16.7 Å². The normalized spacial score (nSPS) is 10.7. The Kier molecular flexibility index (Phi) is 5.00. The first-order valence-corrected chi connectivity index (χ1v) is 7.14. The van der Waals surface area contributed by atoms with Gasteiger partial charge in [0, 0.05) is 11.6 Å². The van der Waals surface area contributed by atoms with Gasteiger partial charge in [-0.3, -0.25) is 0 Å². The minimum absolute atomic E-state index is 0.834. The van der Waals surface area contributed by atoms with E-state index in [9.17, 15) is 0 Å². The lowest BCUT2D eigenvalue weighted by Gasteiger charge is -2.08. The number of nitrogens with one attached hydrogen (secondary N) is 1. The quantitative estimate of drug-likeness (QED) is 0.771. The van der Waals surface area contributed by atoms with Crippen LogP contribution in [0.4, 0.5) is 0 Å². The molecule has 0 aromatic heterocycles. The average molecular weight is 274 g/mol. The topological polar surface area (TPSA) is 12.0 Å². The Morgan fingerprint density at radius 2 is 1.68 bits per heavy atom. The van der Waals surface area contributed by atoms with E-state index in [0.717, 1.165) is 30.1 Å². The molecule has 0 spiro atoms. The number of rotatable bonds is 5. The summed E-state index contributed by atoms with van der Waals surface area (Å²) in [6.45, 7) is 6.12. The van der Waals surface area contributed by atoms with Crippen molar-refractivity contribution in [1.29, 1.82) is 0 Å². The Morgan fingerprint density at radius 3 is 2.32 bits per heavy atom. The highest BCUT2D eigenvalue weighted by Gasteiger charge is 2.03. The zero-order chi connectivity index (χ0) is 13.7. The molecule has 19 heavy (non-hydrogen) atoms. The molecule has 0 bridgehead atoms. The third-order valence-electron chi connectivity index (χ3n) is 3.18. The number of hydrogen-bond donors (Lipinski definition) is 1. The fourth-order valence-electron chi connectivity index (χ4n) is 2.02. The molecule has 0 unspecified atom stereocenters. The van der Waals surface area contributed by atoms with Crippen molar-refractivity contribution in [2.45, 2.75) is 26.8 Å². The summed E-state index contributed by atoms with van der Waals surface area (Å²) in [5.74, 6) is 0. The SMILES string of the molecule is CCCNCc1ccc(-c2ccc(C)cc2)cc1Cl. The van der Waals surface area contributed by atoms with Crippen LogP contribution in [-0.4, -0.2) is 6.54 Å². The Labute approximate surface area is 120 Å². The Morgan fingerprint density at radius 1 is 1.00 bits per heavy atom. The first kappa shape index (κ1) is 14.1. The highest BCUT2D eigenvalue weighted by Crippen LogP contribution is 2.25. The standard InChI is InChI=1S/C17H20ClN/c1-3-10-19-12-16-9-8-15(11-17(16)18)14-6-4-13(2)5-7-14/h4-9,11,19H,3,10,12H2,1-2H3. The van der Waals surface area contributed by atoms with Gasteiger partial charge in [-0.15, -0.1) is 0 Å². The molecule has 2 heteroatoms. The minimum Gasteiger partial charge on any atom is -0.313 e. The van der Waals surface area contributed by atoms with Gasteiger partial charge in [0.1, 0.15) is 0 Å². The van der Waals surface area contributed by atoms with Crippen molar-refractivity contribution in [3.63, 3.8) is 0 Å². The number of aryl methyl sites for hydroxylation is 1. The van der Waals surface area contributed by atoms with Gasteiger partial charge < -0.3 is 5.32 Å². The maximum Gasteiger partial charge on any atom is 0.0457 e. The molecule has 0 heterocycles. The van der Waals surface area contributed by atoms with Gasteiger partial charge in [0.15, 0.2) is 0 Å². The highest BCUT2D eigenvalue weighted by atomic mass is 35.5. The smallest absolute Gasteiger partial charge is 0.0457 e. The summed E-state index contributed by atoms with van der Waals surface area (Å²) in [5, 5.41) is 4.21. The van der Waals surface area contributed by atoms with E-state index in [0.29, 0.717) is 0 Å². The van der Waals surface area contributed by atoms with Crippen LogP contribution in [0.5, 0.6) is 0 Å². The molecule has 100 valence electrons. The van der Waals surface area contributed by atoms with Crippen LogP contribution >= 0.6 is 11.6 Å². The van der Waals surface area contributed by atoms with Crippen LogP contribution in [0.3, 0.4) is 0 Å². The predicted molar refractivity (Wildman–Crippen MR) is 83.6 cm³/mol. The second-order valence-electron chi connectivity index (χ2n) is 4.85. The second-order valence-corrected chi connectivity index (χ2v) is 5.26. The minimum atomic E-state index is 0.834. The molecule has 1 nitrogen and oxygen atoms in total. The van der Waals surface area contributed by atoms with Crippen molar-refractivity contribution in [3.8, 4) is 11.1 Å². The fraction of sp³-hybridized carbons (Fsp3) is 0.294. The van der Waals surface area contributed by atoms with E-state index < -0.39 is 0 Å². The van der Waals surface area contributed by atoms with Gasteiger partial charge in [-0.1, -0.05) is 60.5 Å². The van der Waals surface area contributed by atoms with Crippen LogP contribution in [-0.2, 0) is 6.54 Å². The van der Waals surface area contributed by atoms with Crippen molar-refractivity contribution in [3.05, 3.63) is 58.6 Å². The number of benzene rings is 2. The molecular formula is C17H20ClN. The monoisotopic (exact) mass is 273 g/mol. The van der Waals surface area contributed by atoms with Crippen molar-refractivity contribution in [1.82, 2.24) is 5.32 Å². The Hall–Kier alpha value is -1.31. The van der Waals surface area contributed by atoms with Crippen LogP contribution in [0.15, 0.2) is 42.5 Å². The molecule has 0 atom stereocenters. The van der Waals surface area contributed by atoms with Crippen molar-refractivity contribution >= 4 is 11.6 Å². The summed E-state index contributed by atoms with van der Waals surface area (Å²) in [5.41, 5.74) is 4.81. The van der Waals surface area contributed by atoms with Crippen LogP contribution in [0.1, 0.15) is 24.5 Å². The molecule has 0 radical (unpaired) electrons. The maximum atomic E-state index is 6.35. The molecule has 0 aliphatic heterocycles. The van der Waals surface area contributed by atoms with Gasteiger partial charge in [-0.25, -0.2) is 0 Å². The molecule has 2 aromatic rings. The fourth-order valence-corrected chi connectivity index (χ4v) is 2.26. The van der Waals surface area contributed by atoms with E-state index in [-0.39, 0.29) is 0 Å². The van der Waals surface area contributed by atoms with Crippen molar-refractivity contribution in [2.75, 3.05) is 6.54 Å². The van der Waals surface area contributed by atoms with Crippen LogP contribution in [0.25, 0.3) is 11.1 Å². The lowest BCUT2D eigenvalue weighted by atomic mass is 10.0. The van der Waals surface area contributed by atoms with Crippen LogP contribution in [0.2, 0.25) is 5.02 Å². The first-order chi connectivity index (χ1) is 9.20. The Balaban J connectivity index is 2.16. The Bertz CT molecular complexity index is 531. The molecule has 0 aliphatic rings. The second kappa shape index (κ2) is 6.74. The van der Waals surface area contributed by atoms with E-state index in [2.05, 4.69) is 61.6 Å². The summed E-state index contributed by atoms with van der Waals surface area (Å²) in [7, 11) is 0.